The number of halogens is 1. The first-order chi connectivity index (χ1) is 13.5. The molecule has 0 saturated heterocycles. The number of esters is 1. The average Bonchev–Trinajstić information content (AvgIpc) is 2.68. The van der Waals surface area contributed by atoms with Crippen LogP contribution in [-0.4, -0.2) is 31.0 Å². The van der Waals surface area contributed by atoms with Crippen molar-refractivity contribution in [1.29, 1.82) is 0 Å². The molecular formula is C20H21BrN2O5. The number of para-hydroxylation sites is 2. The molecule has 0 heterocycles. The Bertz CT molecular complexity index is 824. The molecule has 0 aliphatic heterocycles. The SMILES string of the molecule is CCOc1ccccc1NC(=O)COC(=O)CCC(=O)Nc1ccc(Br)cc1. The van der Waals surface area contributed by atoms with E-state index in [1.165, 1.54) is 0 Å². The summed E-state index contributed by atoms with van der Waals surface area (Å²) < 4.78 is 11.2. The van der Waals surface area contributed by atoms with Gasteiger partial charge in [-0.2, -0.15) is 0 Å². The van der Waals surface area contributed by atoms with E-state index in [0.717, 1.165) is 4.47 Å². The molecule has 2 aromatic rings. The zero-order valence-electron chi connectivity index (χ0n) is 15.4. The Kier molecular flexibility index (Phi) is 8.48. The summed E-state index contributed by atoms with van der Waals surface area (Å²) in [5.41, 5.74) is 1.13. The number of ether oxygens (including phenoxy) is 2. The Hall–Kier alpha value is -2.87. The second kappa shape index (κ2) is 11.1. The number of carbonyl (C=O) groups is 3. The monoisotopic (exact) mass is 448 g/mol. The largest absolute Gasteiger partial charge is 0.492 e. The maximum atomic E-state index is 12.0. The highest BCUT2D eigenvalue weighted by molar-refractivity contribution is 9.10. The standard InChI is InChI=1S/C20H21BrN2O5/c1-2-27-17-6-4-3-5-16(17)23-19(25)13-28-20(26)12-11-18(24)22-15-9-7-14(21)8-10-15/h3-10H,2,11-13H2,1H3,(H,22,24)(H,23,25). The van der Waals surface area contributed by atoms with E-state index >= 15 is 0 Å². The Morgan fingerprint density at radius 3 is 2.36 bits per heavy atom. The lowest BCUT2D eigenvalue weighted by atomic mass is 10.2. The highest BCUT2D eigenvalue weighted by Crippen LogP contribution is 2.23. The highest BCUT2D eigenvalue weighted by atomic mass is 79.9. The van der Waals surface area contributed by atoms with Gasteiger partial charge in [0.15, 0.2) is 6.61 Å². The normalized spacial score (nSPS) is 10.1. The van der Waals surface area contributed by atoms with E-state index in [9.17, 15) is 14.4 Å². The minimum atomic E-state index is -0.626. The fraction of sp³-hybridized carbons (Fsp3) is 0.250. The topological polar surface area (TPSA) is 93.7 Å². The van der Waals surface area contributed by atoms with Gasteiger partial charge in [0.05, 0.1) is 18.7 Å². The Morgan fingerprint density at radius 1 is 0.929 bits per heavy atom. The number of anilines is 2. The second-order valence-corrected chi connectivity index (χ2v) is 6.61. The van der Waals surface area contributed by atoms with Gasteiger partial charge in [0, 0.05) is 16.6 Å². The van der Waals surface area contributed by atoms with Crippen molar-refractivity contribution in [3.63, 3.8) is 0 Å². The van der Waals surface area contributed by atoms with Crippen LogP contribution in [0.15, 0.2) is 53.0 Å². The van der Waals surface area contributed by atoms with Crippen LogP contribution in [0.2, 0.25) is 0 Å². The molecule has 0 aliphatic rings. The summed E-state index contributed by atoms with van der Waals surface area (Å²) in [6, 6.07) is 14.0. The molecule has 0 unspecified atom stereocenters. The number of rotatable bonds is 9. The van der Waals surface area contributed by atoms with Crippen molar-refractivity contribution < 1.29 is 23.9 Å². The molecule has 148 valence electrons. The third-order valence-corrected chi connectivity index (χ3v) is 4.04. The molecule has 0 fully saturated rings. The molecule has 2 rings (SSSR count). The molecule has 0 atom stereocenters. The van der Waals surface area contributed by atoms with Gasteiger partial charge in [-0.25, -0.2) is 0 Å². The van der Waals surface area contributed by atoms with Crippen molar-refractivity contribution in [3.8, 4) is 5.75 Å². The minimum Gasteiger partial charge on any atom is -0.492 e. The van der Waals surface area contributed by atoms with Crippen LogP contribution in [0.1, 0.15) is 19.8 Å². The first-order valence-corrected chi connectivity index (χ1v) is 9.50. The fourth-order valence-electron chi connectivity index (χ4n) is 2.23. The molecule has 8 heteroatoms. The predicted octanol–water partition coefficient (Wildman–Crippen LogP) is 3.75. The van der Waals surface area contributed by atoms with Gasteiger partial charge < -0.3 is 20.1 Å². The van der Waals surface area contributed by atoms with Crippen LogP contribution in [0.4, 0.5) is 11.4 Å². The van der Waals surface area contributed by atoms with Crippen molar-refractivity contribution in [2.45, 2.75) is 19.8 Å². The molecule has 0 aliphatic carbocycles. The number of hydrogen-bond acceptors (Lipinski definition) is 5. The van der Waals surface area contributed by atoms with Crippen LogP contribution in [0.25, 0.3) is 0 Å². The lowest BCUT2D eigenvalue weighted by molar-refractivity contribution is -0.147. The summed E-state index contributed by atoms with van der Waals surface area (Å²) in [5.74, 6) is -0.886. The van der Waals surface area contributed by atoms with Crippen LogP contribution in [0.3, 0.4) is 0 Å². The Labute approximate surface area is 171 Å². The van der Waals surface area contributed by atoms with Gasteiger partial charge in [0.2, 0.25) is 5.91 Å². The molecule has 0 saturated carbocycles. The van der Waals surface area contributed by atoms with Crippen LogP contribution < -0.4 is 15.4 Å². The molecule has 0 bridgehead atoms. The third kappa shape index (κ3) is 7.40. The highest BCUT2D eigenvalue weighted by Gasteiger charge is 2.12. The first-order valence-electron chi connectivity index (χ1n) is 8.70. The van der Waals surface area contributed by atoms with E-state index in [1.54, 1.807) is 48.5 Å². The lowest BCUT2D eigenvalue weighted by Gasteiger charge is -2.11. The van der Waals surface area contributed by atoms with Crippen molar-refractivity contribution in [2.24, 2.45) is 0 Å². The zero-order chi connectivity index (χ0) is 20.4. The van der Waals surface area contributed by atoms with E-state index in [0.29, 0.717) is 23.7 Å². The summed E-state index contributed by atoms with van der Waals surface area (Å²) in [4.78, 5) is 35.6. The van der Waals surface area contributed by atoms with Crippen LogP contribution in [0, 0.1) is 0 Å². The van der Waals surface area contributed by atoms with Gasteiger partial charge in [-0.15, -0.1) is 0 Å². The number of nitrogens with one attached hydrogen (secondary N) is 2. The van der Waals surface area contributed by atoms with Gasteiger partial charge in [-0.3, -0.25) is 14.4 Å². The summed E-state index contributed by atoms with van der Waals surface area (Å²) >= 11 is 3.31. The van der Waals surface area contributed by atoms with Crippen LogP contribution >= 0.6 is 15.9 Å². The Balaban J connectivity index is 1.71. The summed E-state index contributed by atoms with van der Waals surface area (Å²) in [7, 11) is 0. The maximum Gasteiger partial charge on any atom is 0.306 e. The van der Waals surface area contributed by atoms with Crippen molar-refractivity contribution in [1.82, 2.24) is 0 Å². The molecule has 7 nitrogen and oxygen atoms in total. The van der Waals surface area contributed by atoms with Gasteiger partial charge >= 0.3 is 5.97 Å². The van der Waals surface area contributed by atoms with Crippen molar-refractivity contribution in [3.05, 3.63) is 53.0 Å². The molecular weight excluding hydrogens is 428 g/mol. The molecule has 0 spiro atoms. The number of hydrogen-bond donors (Lipinski definition) is 2. The smallest absolute Gasteiger partial charge is 0.306 e. The van der Waals surface area contributed by atoms with Crippen molar-refractivity contribution in [2.75, 3.05) is 23.8 Å². The van der Waals surface area contributed by atoms with E-state index in [-0.39, 0.29) is 18.7 Å². The average molecular weight is 449 g/mol. The van der Waals surface area contributed by atoms with E-state index in [2.05, 4.69) is 26.6 Å². The minimum absolute atomic E-state index is 0.0380. The van der Waals surface area contributed by atoms with Crippen LogP contribution in [0.5, 0.6) is 5.75 Å². The predicted molar refractivity (Wildman–Crippen MR) is 109 cm³/mol. The van der Waals surface area contributed by atoms with E-state index in [1.807, 2.05) is 6.92 Å². The van der Waals surface area contributed by atoms with Crippen LogP contribution in [-0.2, 0) is 19.1 Å². The zero-order valence-corrected chi connectivity index (χ0v) is 17.0. The summed E-state index contributed by atoms with van der Waals surface area (Å²) in [6.45, 7) is 1.87. The molecule has 2 amide bonds. The van der Waals surface area contributed by atoms with E-state index < -0.39 is 18.5 Å². The quantitative estimate of drug-likeness (QED) is 0.569. The van der Waals surface area contributed by atoms with Gasteiger partial charge in [-0.05, 0) is 43.3 Å². The third-order valence-electron chi connectivity index (χ3n) is 3.51. The molecule has 2 aromatic carbocycles. The van der Waals surface area contributed by atoms with Gasteiger partial charge in [-0.1, -0.05) is 28.1 Å². The number of carbonyl (C=O) groups excluding carboxylic acids is 3. The number of amides is 2. The lowest BCUT2D eigenvalue weighted by Crippen LogP contribution is -2.22. The van der Waals surface area contributed by atoms with Gasteiger partial charge in [0.25, 0.3) is 5.91 Å². The number of benzene rings is 2. The van der Waals surface area contributed by atoms with Gasteiger partial charge in [0.1, 0.15) is 5.75 Å². The molecule has 0 aromatic heterocycles. The molecule has 28 heavy (non-hydrogen) atoms. The molecule has 2 N–H and O–H groups in total. The first kappa shape index (κ1) is 21.4. The summed E-state index contributed by atoms with van der Waals surface area (Å²) in [5, 5.41) is 5.31. The summed E-state index contributed by atoms with van der Waals surface area (Å²) in [6.07, 6.45) is -0.158. The van der Waals surface area contributed by atoms with Crippen molar-refractivity contribution >= 4 is 45.1 Å². The second-order valence-electron chi connectivity index (χ2n) is 5.69. The maximum absolute atomic E-state index is 12.0. The molecule has 0 radical (unpaired) electrons. The van der Waals surface area contributed by atoms with E-state index in [4.69, 9.17) is 9.47 Å². The Morgan fingerprint density at radius 2 is 1.64 bits per heavy atom. The fourth-order valence-corrected chi connectivity index (χ4v) is 2.49.